The van der Waals surface area contributed by atoms with Gasteiger partial charge in [0.05, 0.1) is 5.75 Å². The van der Waals surface area contributed by atoms with Crippen LogP contribution in [0.2, 0.25) is 0 Å². The third kappa shape index (κ3) is 6.97. The van der Waals surface area contributed by atoms with E-state index < -0.39 is 0 Å². The number of amides is 2. The Morgan fingerprint density at radius 2 is 1.96 bits per heavy atom. The fourth-order valence-electron chi connectivity index (χ4n) is 2.09. The first-order chi connectivity index (χ1) is 11.8. The number of anilines is 1. The number of carbonyl (C=O) groups is 2. The van der Waals surface area contributed by atoms with Crippen molar-refractivity contribution in [2.75, 3.05) is 11.1 Å². The molecule has 0 aliphatic heterocycles. The normalized spacial score (nSPS) is 11.0. The van der Waals surface area contributed by atoms with Crippen molar-refractivity contribution in [3.63, 3.8) is 0 Å². The van der Waals surface area contributed by atoms with E-state index in [1.807, 2.05) is 32.9 Å². The van der Waals surface area contributed by atoms with E-state index in [4.69, 9.17) is 0 Å². The summed E-state index contributed by atoms with van der Waals surface area (Å²) in [5.74, 6) is 0.819. The predicted molar refractivity (Wildman–Crippen MR) is 103 cm³/mol. The van der Waals surface area contributed by atoms with E-state index in [1.54, 1.807) is 36.7 Å². The Hall–Kier alpha value is -2.34. The van der Waals surface area contributed by atoms with Crippen LogP contribution in [0.25, 0.3) is 0 Å². The van der Waals surface area contributed by atoms with Gasteiger partial charge in [-0.25, -0.2) is 0 Å². The number of aromatic nitrogens is 1. The van der Waals surface area contributed by atoms with Crippen LogP contribution in [0, 0.1) is 0 Å². The first kappa shape index (κ1) is 19.0. The van der Waals surface area contributed by atoms with Gasteiger partial charge in [-0.2, -0.15) is 0 Å². The van der Waals surface area contributed by atoms with Crippen LogP contribution < -0.4 is 10.6 Å². The van der Waals surface area contributed by atoms with Gasteiger partial charge in [0, 0.05) is 34.9 Å². The molecule has 132 valence electrons. The van der Waals surface area contributed by atoms with E-state index >= 15 is 0 Å². The Morgan fingerprint density at radius 1 is 1.16 bits per heavy atom. The van der Waals surface area contributed by atoms with Gasteiger partial charge in [0.1, 0.15) is 0 Å². The lowest BCUT2D eigenvalue weighted by Crippen LogP contribution is -2.40. The van der Waals surface area contributed by atoms with E-state index in [-0.39, 0.29) is 17.4 Å². The molecule has 6 heteroatoms. The maximum atomic E-state index is 12.2. The molecule has 0 bridgehead atoms. The third-order valence-electron chi connectivity index (χ3n) is 3.12. The minimum atomic E-state index is -0.306. The van der Waals surface area contributed by atoms with E-state index in [1.165, 1.54) is 11.8 Å². The number of carbonyl (C=O) groups excluding carboxylic acids is 2. The molecule has 0 spiro atoms. The molecular weight excluding hydrogens is 334 g/mol. The van der Waals surface area contributed by atoms with E-state index in [2.05, 4.69) is 15.6 Å². The lowest BCUT2D eigenvalue weighted by atomic mass is 10.1. The molecule has 0 aliphatic rings. The molecule has 1 aromatic carbocycles. The Labute approximate surface area is 152 Å². The van der Waals surface area contributed by atoms with Gasteiger partial charge in [0.25, 0.3) is 5.91 Å². The summed E-state index contributed by atoms with van der Waals surface area (Å²) in [5, 5.41) is 5.74. The highest BCUT2D eigenvalue weighted by Crippen LogP contribution is 2.14. The monoisotopic (exact) mass is 357 g/mol. The molecule has 0 atom stereocenters. The molecule has 0 unspecified atom stereocenters. The van der Waals surface area contributed by atoms with Crippen LogP contribution in [0.3, 0.4) is 0 Å². The molecule has 1 heterocycles. The van der Waals surface area contributed by atoms with Crippen molar-refractivity contribution in [3.8, 4) is 0 Å². The first-order valence-electron chi connectivity index (χ1n) is 8.02. The zero-order chi connectivity index (χ0) is 18.3. The highest BCUT2D eigenvalue weighted by atomic mass is 32.2. The van der Waals surface area contributed by atoms with Crippen molar-refractivity contribution in [2.45, 2.75) is 32.1 Å². The van der Waals surface area contributed by atoms with Crippen LogP contribution in [-0.2, 0) is 10.5 Å². The molecular formula is C19H23N3O2S. The van der Waals surface area contributed by atoms with Gasteiger partial charge in [-0.1, -0.05) is 12.1 Å². The van der Waals surface area contributed by atoms with Gasteiger partial charge in [-0.3, -0.25) is 14.6 Å². The second-order valence-electron chi connectivity index (χ2n) is 6.69. The van der Waals surface area contributed by atoms with Crippen LogP contribution in [0.4, 0.5) is 5.69 Å². The van der Waals surface area contributed by atoms with Gasteiger partial charge in [-0.15, -0.1) is 11.8 Å². The first-order valence-corrected chi connectivity index (χ1v) is 9.18. The molecule has 0 aliphatic carbocycles. The number of thioether (sulfide) groups is 1. The summed E-state index contributed by atoms with van der Waals surface area (Å²) in [5.41, 5.74) is 1.92. The highest BCUT2D eigenvalue weighted by molar-refractivity contribution is 7.99. The quantitative estimate of drug-likeness (QED) is 0.830. The lowest BCUT2D eigenvalue weighted by molar-refractivity contribution is -0.113. The molecule has 2 N–H and O–H groups in total. The molecule has 2 aromatic rings. The molecule has 1 aromatic heterocycles. The minimum Gasteiger partial charge on any atom is -0.347 e. The summed E-state index contributed by atoms with van der Waals surface area (Å²) in [4.78, 5) is 28.3. The largest absolute Gasteiger partial charge is 0.347 e. The third-order valence-corrected chi connectivity index (χ3v) is 4.13. The molecule has 0 radical (unpaired) electrons. The van der Waals surface area contributed by atoms with Crippen molar-refractivity contribution in [2.24, 2.45) is 0 Å². The topological polar surface area (TPSA) is 71.1 Å². The zero-order valence-corrected chi connectivity index (χ0v) is 15.5. The van der Waals surface area contributed by atoms with Gasteiger partial charge < -0.3 is 10.6 Å². The van der Waals surface area contributed by atoms with Crippen LogP contribution in [0.1, 0.15) is 36.7 Å². The van der Waals surface area contributed by atoms with Gasteiger partial charge in [-0.05, 0) is 50.6 Å². The minimum absolute atomic E-state index is 0.0951. The average molecular weight is 357 g/mol. The Bertz CT molecular complexity index is 727. The molecule has 5 nitrogen and oxygen atoms in total. The Morgan fingerprint density at radius 3 is 2.64 bits per heavy atom. The van der Waals surface area contributed by atoms with Crippen LogP contribution in [-0.4, -0.2) is 28.1 Å². The van der Waals surface area contributed by atoms with Gasteiger partial charge >= 0.3 is 0 Å². The fraction of sp³-hybridized carbons (Fsp3) is 0.316. The second kappa shape index (κ2) is 8.67. The lowest BCUT2D eigenvalue weighted by Gasteiger charge is -2.20. The summed E-state index contributed by atoms with van der Waals surface area (Å²) in [7, 11) is 0. The van der Waals surface area contributed by atoms with E-state index in [0.717, 1.165) is 11.3 Å². The molecule has 2 rings (SSSR count). The summed E-state index contributed by atoms with van der Waals surface area (Å²) in [6.45, 7) is 5.78. The fourth-order valence-corrected chi connectivity index (χ4v) is 2.86. The molecule has 0 saturated heterocycles. The zero-order valence-electron chi connectivity index (χ0n) is 14.7. The standard InChI is InChI=1S/C19H23N3O2S/c1-19(2,3)22-18(24)15-7-4-8-16(10-15)21-17(23)13-25-12-14-6-5-9-20-11-14/h4-11H,12-13H2,1-3H3,(H,21,23)(H,22,24). The summed E-state index contributed by atoms with van der Waals surface area (Å²) < 4.78 is 0. The van der Waals surface area contributed by atoms with Crippen molar-refractivity contribution in [1.29, 1.82) is 0 Å². The Balaban J connectivity index is 1.86. The van der Waals surface area contributed by atoms with Crippen molar-refractivity contribution in [1.82, 2.24) is 10.3 Å². The van der Waals surface area contributed by atoms with Crippen LogP contribution in [0.15, 0.2) is 48.8 Å². The molecule has 0 saturated carbocycles. The van der Waals surface area contributed by atoms with Crippen LogP contribution in [0.5, 0.6) is 0 Å². The maximum Gasteiger partial charge on any atom is 0.251 e. The van der Waals surface area contributed by atoms with Gasteiger partial charge in [0.2, 0.25) is 5.91 Å². The van der Waals surface area contributed by atoms with Crippen molar-refractivity contribution >= 4 is 29.3 Å². The maximum absolute atomic E-state index is 12.2. The summed E-state index contributed by atoms with van der Waals surface area (Å²) >= 11 is 1.52. The number of hydrogen-bond acceptors (Lipinski definition) is 4. The number of nitrogens with one attached hydrogen (secondary N) is 2. The van der Waals surface area contributed by atoms with Crippen molar-refractivity contribution < 1.29 is 9.59 Å². The molecule has 25 heavy (non-hydrogen) atoms. The van der Waals surface area contributed by atoms with Crippen molar-refractivity contribution in [3.05, 3.63) is 59.9 Å². The van der Waals surface area contributed by atoms with Crippen LogP contribution >= 0.6 is 11.8 Å². The number of pyridine rings is 1. The highest BCUT2D eigenvalue weighted by Gasteiger charge is 2.15. The summed E-state index contributed by atoms with van der Waals surface area (Å²) in [6, 6.07) is 10.8. The number of rotatable bonds is 6. The smallest absolute Gasteiger partial charge is 0.251 e. The number of benzene rings is 1. The van der Waals surface area contributed by atoms with E-state index in [0.29, 0.717) is 17.0 Å². The van der Waals surface area contributed by atoms with E-state index in [9.17, 15) is 9.59 Å². The Kier molecular flexibility index (Phi) is 6.58. The predicted octanol–water partition coefficient (Wildman–Crippen LogP) is 3.48. The molecule has 2 amide bonds. The average Bonchev–Trinajstić information content (AvgIpc) is 2.54. The second-order valence-corrected chi connectivity index (χ2v) is 7.67. The molecule has 0 fully saturated rings. The summed E-state index contributed by atoms with van der Waals surface area (Å²) in [6.07, 6.45) is 3.52. The van der Waals surface area contributed by atoms with Gasteiger partial charge in [0.15, 0.2) is 0 Å². The SMILES string of the molecule is CC(C)(C)NC(=O)c1cccc(NC(=O)CSCc2cccnc2)c1. The number of nitrogens with zero attached hydrogens (tertiary/aromatic N) is 1. The number of hydrogen-bond donors (Lipinski definition) is 2.